The average molecular weight is 390 g/mol. The molecule has 2 saturated heterocycles. The minimum Gasteiger partial charge on any atom is -0.376 e. The first-order valence-corrected chi connectivity index (χ1v) is 10.6. The fourth-order valence-corrected chi connectivity index (χ4v) is 3.64. The topological polar surface area (TPSA) is 62.2 Å². The molecule has 0 bridgehead atoms. The van der Waals surface area contributed by atoms with Crippen LogP contribution in [0.25, 0.3) is 0 Å². The second kappa shape index (κ2) is 10.6. The average Bonchev–Trinajstić information content (AvgIpc) is 3.24. The quantitative estimate of drug-likeness (QED) is 0.570. The monoisotopic (exact) mass is 389 g/mol. The Hall–Kier alpha value is -1.86. The third kappa shape index (κ3) is 6.07. The van der Waals surface area contributed by atoms with Gasteiger partial charge >= 0.3 is 0 Å². The van der Waals surface area contributed by atoms with Crippen molar-refractivity contribution in [1.29, 1.82) is 0 Å². The number of rotatable bonds is 7. The Labute approximate surface area is 169 Å². The normalized spacial score (nSPS) is 21.2. The van der Waals surface area contributed by atoms with Gasteiger partial charge in [0.15, 0.2) is 5.96 Å². The summed E-state index contributed by atoms with van der Waals surface area (Å²) in [4.78, 5) is 13.8. The Balaban J connectivity index is 1.51. The first-order chi connectivity index (χ1) is 13.7. The number of aliphatic imine (C=N–C) groups is 1. The molecule has 1 atom stereocenters. The van der Waals surface area contributed by atoms with Gasteiger partial charge in [0.25, 0.3) is 0 Å². The summed E-state index contributed by atoms with van der Waals surface area (Å²) in [5.74, 6) is 1.93. The second-order valence-electron chi connectivity index (χ2n) is 7.71. The van der Waals surface area contributed by atoms with E-state index >= 15 is 0 Å². The van der Waals surface area contributed by atoms with Crippen LogP contribution in [0.1, 0.15) is 38.3 Å². The highest BCUT2D eigenvalue weighted by molar-refractivity contribution is 5.80. The van der Waals surface area contributed by atoms with Crippen LogP contribution in [-0.4, -0.2) is 75.0 Å². The number of piperidine rings is 1. The molecule has 0 spiro atoms. The number of aromatic nitrogens is 1. The lowest BCUT2D eigenvalue weighted by atomic mass is 10.1. The van der Waals surface area contributed by atoms with Gasteiger partial charge in [-0.15, -0.1) is 0 Å². The molecule has 0 aliphatic carbocycles. The lowest BCUT2D eigenvalue weighted by Crippen LogP contribution is -2.47. The Morgan fingerprint density at radius 3 is 2.82 bits per heavy atom. The minimum absolute atomic E-state index is 0.308. The highest BCUT2D eigenvalue weighted by atomic mass is 16.5. The molecule has 28 heavy (non-hydrogen) atoms. The molecular formula is C21H35N5O2. The Morgan fingerprint density at radius 1 is 1.32 bits per heavy atom. The molecule has 0 radical (unpaired) electrons. The molecule has 1 unspecified atom stereocenters. The Bertz CT molecular complexity index is 623. The first kappa shape index (κ1) is 20.9. The second-order valence-corrected chi connectivity index (χ2v) is 7.71. The summed E-state index contributed by atoms with van der Waals surface area (Å²) in [6.45, 7) is 7.12. The lowest BCUT2D eigenvalue weighted by molar-refractivity contribution is -0.0367. The minimum atomic E-state index is 0.308. The highest BCUT2D eigenvalue weighted by Gasteiger charge is 2.24. The van der Waals surface area contributed by atoms with Gasteiger partial charge in [0.05, 0.1) is 31.1 Å². The molecule has 156 valence electrons. The SMILES string of the molecule is CCNC(=NCc1cccc(N(C)C)n1)N1CCC(OCC2CCCO2)CC1. The predicted molar refractivity (Wildman–Crippen MR) is 113 cm³/mol. The van der Waals surface area contributed by atoms with Crippen molar-refractivity contribution in [3.8, 4) is 0 Å². The fraction of sp³-hybridized carbons (Fsp3) is 0.714. The number of nitrogens with one attached hydrogen (secondary N) is 1. The number of pyridine rings is 1. The van der Waals surface area contributed by atoms with E-state index in [1.807, 2.05) is 37.2 Å². The van der Waals surface area contributed by atoms with E-state index in [1.54, 1.807) is 0 Å². The van der Waals surface area contributed by atoms with Crippen LogP contribution >= 0.6 is 0 Å². The van der Waals surface area contributed by atoms with Crippen molar-refractivity contribution in [2.24, 2.45) is 4.99 Å². The zero-order chi connectivity index (χ0) is 19.8. The van der Waals surface area contributed by atoms with Gasteiger partial charge < -0.3 is 24.6 Å². The van der Waals surface area contributed by atoms with Crippen LogP contribution in [0, 0.1) is 0 Å². The van der Waals surface area contributed by atoms with E-state index in [0.29, 0.717) is 18.8 Å². The number of ether oxygens (including phenoxy) is 2. The van der Waals surface area contributed by atoms with Crippen molar-refractivity contribution in [2.45, 2.75) is 51.4 Å². The third-order valence-electron chi connectivity index (χ3n) is 5.26. The van der Waals surface area contributed by atoms with Gasteiger partial charge in [-0.3, -0.25) is 0 Å². The number of likely N-dealkylation sites (tertiary alicyclic amines) is 1. The molecule has 2 aliphatic rings. The summed E-state index contributed by atoms with van der Waals surface area (Å²) in [7, 11) is 4.01. The van der Waals surface area contributed by atoms with Crippen LogP contribution in [0.2, 0.25) is 0 Å². The molecule has 0 aromatic carbocycles. The Morgan fingerprint density at radius 2 is 2.14 bits per heavy atom. The molecule has 7 nitrogen and oxygen atoms in total. The molecule has 3 heterocycles. The van der Waals surface area contributed by atoms with Gasteiger partial charge in [-0.05, 0) is 44.7 Å². The van der Waals surface area contributed by atoms with Gasteiger partial charge in [-0.25, -0.2) is 9.98 Å². The van der Waals surface area contributed by atoms with Gasteiger partial charge in [-0.1, -0.05) is 6.07 Å². The number of guanidine groups is 1. The summed E-state index contributed by atoms with van der Waals surface area (Å²) in [5, 5.41) is 3.43. The van der Waals surface area contributed by atoms with Crippen LogP contribution in [0.4, 0.5) is 5.82 Å². The van der Waals surface area contributed by atoms with E-state index < -0.39 is 0 Å². The van der Waals surface area contributed by atoms with Crippen LogP contribution in [0.15, 0.2) is 23.2 Å². The summed E-state index contributed by atoms with van der Waals surface area (Å²) < 4.78 is 11.8. The smallest absolute Gasteiger partial charge is 0.194 e. The van der Waals surface area contributed by atoms with Gasteiger partial charge in [0.1, 0.15) is 5.82 Å². The molecule has 0 saturated carbocycles. The molecule has 7 heteroatoms. The van der Waals surface area contributed by atoms with Crippen LogP contribution in [0.5, 0.6) is 0 Å². The lowest BCUT2D eigenvalue weighted by Gasteiger charge is -2.34. The first-order valence-electron chi connectivity index (χ1n) is 10.6. The fourth-order valence-electron chi connectivity index (χ4n) is 3.64. The molecular weight excluding hydrogens is 354 g/mol. The van der Waals surface area contributed by atoms with Crippen LogP contribution in [-0.2, 0) is 16.0 Å². The van der Waals surface area contributed by atoms with Crippen LogP contribution < -0.4 is 10.2 Å². The highest BCUT2D eigenvalue weighted by Crippen LogP contribution is 2.18. The third-order valence-corrected chi connectivity index (χ3v) is 5.26. The molecule has 1 aromatic rings. The van der Waals surface area contributed by atoms with E-state index in [2.05, 4.69) is 22.1 Å². The van der Waals surface area contributed by atoms with Crippen molar-refractivity contribution >= 4 is 11.8 Å². The Kier molecular flexibility index (Phi) is 7.91. The molecule has 2 aliphatic heterocycles. The summed E-state index contributed by atoms with van der Waals surface area (Å²) >= 11 is 0. The van der Waals surface area contributed by atoms with E-state index in [9.17, 15) is 0 Å². The summed E-state index contributed by atoms with van der Waals surface area (Å²) in [5.41, 5.74) is 0.983. The van der Waals surface area contributed by atoms with Crippen molar-refractivity contribution in [1.82, 2.24) is 15.2 Å². The standard InChI is InChI=1S/C21H35N5O2/c1-4-22-21(23-15-17-7-5-9-20(24-17)25(2)3)26-12-10-18(11-13-26)28-16-19-8-6-14-27-19/h5,7,9,18-19H,4,6,8,10-16H2,1-3H3,(H,22,23). The van der Waals surface area contributed by atoms with Gasteiger partial charge in [-0.2, -0.15) is 0 Å². The zero-order valence-electron chi connectivity index (χ0n) is 17.6. The van der Waals surface area contributed by atoms with E-state index in [0.717, 1.165) is 69.6 Å². The summed E-state index contributed by atoms with van der Waals surface area (Å²) in [6.07, 6.45) is 5.02. The number of hydrogen-bond acceptors (Lipinski definition) is 5. The molecule has 1 N–H and O–H groups in total. The number of anilines is 1. The maximum atomic E-state index is 6.09. The van der Waals surface area contributed by atoms with Gasteiger partial charge in [0.2, 0.25) is 0 Å². The zero-order valence-corrected chi connectivity index (χ0v) is 17.6. The molecule has 3 rings (SSSR count). The van der Waals surface area contributed by atoms with Crippen LogP contribution in [0.3, 0.4) is 0 Å². The largest absolute Gasteiger partial charge is 0.376 e. The van der Waals surface area contributed by atoms with E-state index in [4.69, 9.17) is 14.5 Å². The van der Waals surface area contributed by atoms with Crippen molar-refractivity contribution in [3.63, 3.8) is 0 Å². The van der Waals surface area contributed by atoms with Crippen molar-refractivity contribution in [3.05, 3.63) is 23.9 Å². The van der Waals surface area contributed by atoms with E-state index in [1.165, 1.54) is 6.42 Å². The number of nitrogens with zero attached hydrogens (tertiary/aromatic N) is 4. The van der Waals surface area contributed by atoms with Gasteiger partial charge in [0, 0.05) is 40.3 Å². The molecule has 1 aromatic heterocycles. The molecule has 0 amide bonds. The number of hydrogen-bond donors (Lipinski definition) is 1. The molecule has 2 fully saturated rings. The maximum absolute atomic E-state index is 6.09. The predicted octanol–water partition coefficient (Wildman–Crippen LogP) is 2.27. The van der Waals surface area contributed by atoms with Crippen molar-refractivity contribution in [2.75, 3.05) is 51.8 Å². The van der Waals surface area contributed by atoms with Crippen molar-refractivity contribution < 1.29 is 9.47 Å². The van der Waals surface area contributed by atoms with E-state index in [-0.39, 0.29) is 0 Å². The summed E-state index contributed by atoms with van der Waals surface area (Å²) in [6, 6.07) is 6.09. The maximum Gasteiger partial charge on any atom is 0.194 e.